The molecular weight excluding hydrogens is 212 g/mol. The number of nitrogen functional groups attached to an aromatic ring is 1. The Morgan fingerprint density at radius 2 is 2.18 bits per heavy atom. The molecule has 0 radical (unpaired) electrons. The summed E-state index contributed by atoms with van der Waals surface area (Å²) in [5.74, 6) is 0.766. The second-order valence-electron chi connectivity index (χ2n) is 4.78. The Morgan fingerprint density at radius 1 is 1.41 bits per heavy atom. The first kappa shape index (κ1) is 12.2. The van der Waals surface area contributed by atoms with Crippen LogP contribution in [0.3, 0.4) is 0 Å². The molecular formula is C14H22N2O. The summed E-state index contributed by atoms with van der Waals surface area (Å²) in [6, 6.07) is 6.91. The normalized spacial score (nSPS) is 15.2. The maximum absolute atomic E-state index is 5.93. The van der Waals surface area contributed by atoms with Crippen molar-refractivity contribution in [3.8, 4) is 5.75 Å². The van der Waals surface area contributed by atoms with Crippen molar-refractivity contribution in [3.63, 3.8) is 0 Å². The molecule has 1 aromatic carbocycles. The Bertz CT molecular complexity index is 374. The number of nitrogens with zero attached hydrogens (tertiary/aromatic N) is 1. The minimum Gasteiger partial charge on any atom is -0.495 e. The zero-order chi connectivity index (χ0) is 12.3. The summed E-state index contributed by atoms with van der Waals surface area (Å²) in [5, 5.41) is 0. The Kier molecular flexibility index (Phi) is 3.89. The highest BCUT2D eigenvalue weighted by molar-refractivity contribution is 5.54. The van der Waals surface area contributed by atoms with Crippen LogP contribution in [-0.4, -0.2) is 24.6 Å². The molecule has 2 rings (SSSR count). The van der Waals surface area contributed by atoms with Crippen LogP contribution in [0.1, 0.15) is 31.7 Å². The van der Waals surface area contributed by atoms with E-state index in [1.807, 2.05) is 12.1 Å². The molecule has 0 bridgehead atoms. The molecule has 0 unspecified atom stereocenters. The second kappa shape index (κ2) is 5.41. The van der Waals surface area contributed by atoms with Gasteiger partial charge in [-0.3, -0.25) is 4.90 Å². The molecule has 1 fully saturated rings. The second-order valence-corrected chi connectivity index (χ2v) is 4.78. The highest BCUT2D eigenvalue weighted by Crippen LogP contribution is 2.29. The van der Waals surface area contributed by atoms with Crippen molar-refractivity contribution in [2.45, 2.75) is 38.8 Å². The third-order valence-corrected chi connectivity index (χ3v) is 3.25. The summed E-state index contributed by atoms with van der Waals surface area (Å²) < 4.78 is 5.17. The summed E-state index contributed by atoms with van der Waals surface area (Å²) in [7, 11) is 1.65. The Balaban J connectivity index is 2.03. The first-order chi connectivity index (χ1) is 8.24. The number of ether oxygens (including phenoxy) is 1. The molecule has 1 aromatic rings. The van der Waals surface area contributed by atoms with Gasteiger partial charge in [0.2, 0.25) is 0 Å². The highest BCUT2D eigenvalue weighted by atomic mass is 16.5. The molecule has 1 aliphatic rings. The zero-order valence-electron chi connectivity index (χ0n) is 10.8. The van der Waals surface area contributed by atoms with E-state index in [4.69, 9.17) is 10.5 Å². The third-order valence-electron chi connectivity index (χ3n) is 3.25. The molecule has 17 heavy (non-hydrogen) atoms. The summed E-state index contributed by atoms with van der Waals surface area (Å²) in [5.41, 5.74) is 7.94. The number of hydrogen-bond donors (Lipinski definition) is 1. The van der Waals surface area contributed by atoms with Gasteiger partial charge in [-0.2, -0.15) is 0 Å². The summed E-state index contributed by atoms with van der Waals surface area (Å²) in [4.78, 5) is 2.56. The lowest BCUT2D eigenvalue weighted by molar-refractivity contribution is 0.255. The van der Waals surface area contributed by atoms with Crippen LogP contribution in [0.2, 0.25) is 0 Å². The molecule has 1 aliphatic carbocycles. The van der Waals surface area contributed by atoms with Crippen molar-refractivity contribution in [2.24, 2.45) is 0 Å². The SMILES string of the molecule is CCCN(Cc1ccc(OC)c(N)c1)C1CC1. The van der Waals surface area contributed by atoms with Crippen LogP contribution < -0.4 is 10.5 Å². The van der Waals surface area contributed by atoms with Crippen LogP contribution >= 0.6 is 0 Å². The molecule has 3 heteroatoms. The van der Waals surface area contributed by atoms with E-state index in [1.54, 1.807) is 7.11 Å². The van der Waals surface area contributed by atoms with E-state index in [0.29, 0.717) is 0 Å². The Morgan fingerprint density at radius 3 is 2.71 bits per heavy atom. The van der Waals surface area contributed by atoms with Gasteiger partial charge < -0.3 is 10.5 Å². The summed E-state index contributed by atoms with van der Waals surface area (Å²) in [6.45, 7) is 4.42. The average Bonchev–Trinajstić information content (AvgIpc) is 3.12. The van der Waals surface area contributed by atoms with Crippen LogP contribution in [-0.2, 0) is 6.54 Å². The Labute approximate surface area is 104 Å². The van der Waals surface area contributed by atoms with Gasteiger partial charge in [0.15, 0.2) is 0 Å². The quantitative estimate of drug-likeness (QED) is 0.769. The first-order valence-corrected chi connectivity index (χ1v) is 6.41. The average molecular weight is 234 g/mol. The molecule has 0 amide bonds. The first-order valence-electron chi connectivity index (χ1n) is 6.41. The van der Waals surface area contributed by atoms with Gasteiger partial charge in [0, 0.05) is 12.6 Å². The van der Waals surface area contributed by atoms with E-state index < -0.39 is 0 Å². The molecule has 0 atom stereocenters. The largest absolute Gasteiger partial charge is 0.495 e. The van der Waals surface area contributed by atoms with Gasteiger partial charge in [-0.05, 0) is 43.5 Å². The van der Waals surface area contributed by atoms with E-state index in [1.165, 1.54) is 31.4 Å². The fraction of sp³-hybridized carbons (Fsp3) is 0.571. The van der Waals surface area contributed by atoms with E-state index >= 15 is 0 Å². The predicted molar refractivity (Wildman–Crippen MR) is 71.1 cm³/mol. The maximum Gasteiger partial charge on any atom is 0.141 e. The number of anilines is 1. The molecule has 0 spiro atoms. The zero-order valence-corrected chi connectivity index (χ0v) is 10.8. The molecule has 0 heterocycles. The maximum atomic E-state index is 5.93. The van der Waals surface area contributed by atoms with Crippen LogP contribution in [0, 0.1) is 0 Å². The van der Waals surface area contributed by atoms with Gasteiger partial charge in [-0.25, -0.2) is 0 Å². The van der Waals surface area contributed by atoms with E-state index in [2.05, 4.69) is 17.9 Å². The number of nitrogens with two attached hydrogens (primary N) is 1. The predicted octanol–water partition coefficient (Wildman–Crippen LogP) is 2.65. The molecule has 3 nitrogen and oxygen atoms in total. The van der Waals surface area contributed by atoms with Crippen LogP contribution in [0.4, 0.5) is 5.69 Å². The monoisotopic (exact) mass is 234 g/mol. The van der Waals surface area contributed by atoms with Crippen molar-refractivity contribution in [3.05, 3.63) is 23.8 Å². The number of benzene rings is 1. The molecule has 0 saturated heterocycles. The minimum absolute atomic E-state index is 0.734. The van der Waals surface area contributed by atoms with Gasteiger partial charge in [0.05, 0.1) is 12.8 Å². The van der Waals surface area contributed by atoms with Gasteiger partial charge in [0.1, 0.15) is 5.75 Å². The third kappa shape index (κ3) is 3.13. The molecule has 2 N–H and O–H groups in total. The van der Waals surface area contributed by atoms with Crippen LogP contribution in [0.5, 0.6) is 5.75 Å². The smallest absolute Gasteiger partial charge is 0.141 e. The highest BCUT2D eigenvalue weighted by Gasteiger charge is 2.28. The Hall–Kier alpha value is -1.22. The molecule has 0 aliphatic heterocycles. The van der Waals surface area contributed by atoms with Crippen molar-refractivity contribution < 1.29 is 4.74 Å². The van der Waals surface area contributed by atoms with Gasteiger partial charge in [-0.15, -0.1) is 0 Å². The van der Waals surface area contributed by atoms with E-state index in [0.717, 1.165) is 24.0 Å². The van der Waals surface area contributed by atoms with Crippen molar-refractivity contribution in [1.29, 1.82) is 0 Å². The van der Waals surface area contributed by atoms with Gasteiger partial charge in [0.25, 0.3) is 0 Å². The van der Waals surface area contributed by atoms with E-state index in [-0.39, 0.29) is 0 Å². The summed E-state index contributed by atoms with van der Waals surface area (Å²) >= 11 is 0. The van der Waals surface area contributed by atoms with Crippen molar-refractivity contribution in [2.75, 3.05) is 19.4 Å². The lowest BCUT2D eigenvalue weighted by Crippen LogP contribution is -2.26. The molecule has 1 saturated carbocycles. The van der Waals surface area contributed by atoms with Gasteiger partial charge in [-0.1, -0.05) is 13.0 Å². The van der Waals surface area contributed by atoms with Crippen molar-refractivity contribution in [1.82, 2.24) is 4.90 Å². The fourth-order valence-corrected chi connectivity index (χ4v) is 2.23. The standard InChI is InChI=1S/C14H22N2O/c1-3-8-16(12-5-6-12)10-11-4-7-14(17-2)13(15)9-11/h4,7,9,12H,3,5-6,8,10,15H2,1-2H3. The van der Waals surface area contributed by atoms with Crippen molar-refractivity contribution >= 4 is 5.69 Å². The number of hydrogen-bond acceptors (Lipinski definition) is 3. The fourth-order valence-electron chi connectivity index (χ4n) is 2.23. The van der Waals surface area contributed by atoms with Gasteiger partial charge >= 0.3 is 0 Å². The summed E-state index contributed by atoms with van der Waals surface area (Å²) in [6.07, 6.45) is 3.92. The molecule has 0 aromatic heterocycles. The topological polar surface area (TPSA) is 38.5 Å². The number of rotatable bonds is 6. The minimum atomic E-state index is 0.734. The van der Waals surface area contributed by atoms with Crippen LogP contribution in [0.15, 0.2) is 18.2 Å². The molecule has 94 valence electrons. The van der Waals surface area contributed by atoms with Crippen LogP contribution in [0.25, 0.3) is 0 Å². The van der Waals surface area contributed by atoms with E-state index in [9.17, 15) is 0 Å². The lowest BCUT2D eigenvalue weighted by atomic mass is 10.1. The number of methoxy groups -OCH3 is 1. The lowest BCUT2D eigenvalue weighted by Gasteiger charge is -2.21.